The Balaban J connectivity index is 1.85. The Morgan fingerprint density at radius 1 is 1.09 bits per heavy atom. The molecule has 0 atom stereocenters. The lowest BCUT2D eigenvalue weighted by Gasteiger charge is -2.23. The molecule has 23 heavy (non-hydrogen) atoms. The van der Waals surface area contributed by atoms with Crippen LogP contribution in [0.15, 0.2) is 36.4 Å². The summed E-state index contributed by atoms with van der Waals surface area (Å²) in [5.74, 6) is -0.167. The summed E-state index contributed by atoms with van der Waals surface area (Å²) in [7, 11) is 0. The fourth-order valence-corrected chi connectivity index (χ4v) is 2.68. The molecule has 0 radical (unpaired) electrons. The van der Waals surface area contributed by atoms with Gasteiger partial charge < -0.3 is 9.80 Å². The molecule has 2 amide bonds. The van der Waals surface area contributed by atoms with Crippen molar-refractivity contribution < 1.29 is 9.59 Å². The van der Waals surface area contributed by atoms with E-state index in [1.165, 1.54) is 6.08 Å². The molecule has 122 valence electrons. The number of carbonyl (C=O) groups is 2. The van der Waals surface area contributed by atoms with E-state index in [9.17, 15) is 9.59 Å². The second kappa shape index (κ2) is 8.43. The number of thiocarbonyl (C=S) groups is 1. The minimum Gasteiger partial charge on any atom is -0.347 e. The first kappa shape index (κ1) is 17.1. The van der Waals surface area contributed by atoms with Gasteiger partial charge >= 0.3 is 0 Å². The van der Waals surface area contributed by atoms with Crippen LogP contribution >= 0.6 is 12.2 Å². The van der Waals surface area contributed by atoms with Gasteiger partial charge in [0.2, 0.25) is 11.8 Å². The van der Waals surface area contributed by atoms with Gasteiger partial charge in [-0.1, -0.05) is 30.3 Å². The molecule has 5 nitrogen and oxygen atoms in total. The van der Waals surface area contributed by atoms with Crippen LogP contribution in [0.1, 0.15) is 18.9 Å². The summed E-state index contributed by atoms with van der Waals surface area (Å²) in [5, 5.41) is 3.13. The molecule has 1 heterocycles. The highest BCUT2D eigenvalue weighted by Gasteiger charge is 2.18. The lowest BCUT2D eigenvalue weighted by Crippen LogP contribution is -2.44. The van der Waals surface area contributed by atoms with E-state index in [0.29, 0.717) is 18.2 Å². The lowest BCUT2D eigenvalue weighted by atomic mass is 10.2. The standard InChI is InChI=1S/C17H21N3O2S/c1-14(21)19-10-5-11-20(13-12-19)17(23)18-16(22)9-8-15-6-3-2-4-7-15/h2-4,6-9H,5,10-13H2,1H3,(H,18,22,23)/b9-8+. The number of hydrogen-bond donors (Lipinski definition) is 1. The minimum absolute atomic E-state index is 0.0765. The predicted molar refractivity (Wildman–Crippen MR) is 94.7 cm³/mol. The molecule has 0 bridgehead atoms. The average molecular weight is 331 g/mol. The van der Waals surface area contributed by atoms with Gasteiger partial charge in [0.25, 0.3) is 0 Å². The summed E-state index contributed by atoms with van der Waals surface area (Å²) in [5.41, 5.74) is 0.959. The van der Waals surface area contributed by atoms with Crippen LogP contribution in [0.25, 0.3) is 6.08 Å². The number of hydrogen-bond acceptors (Lipinski definition) is 3. The van der Waals surface area contributed by atoms with E-state index in [0.717, 1.165) is 25.1 Å². The summed E-state index contributed by atoms with van der Waals surface area (Å²) < 4.78 is 0. The van der Waals surface area contributed by atoms with Crippen LogP contribution in [0.2, 0.25) is 0 Å². The topological polar surface area (TPSA) is 52.7 Å². The zero-order valence-corrected chi connectivity index (χ0v) is 14.0. The van der Waals surface area contributed by atoms with E-state index in [1.807, 2.05) is 35.2 Å². The number of rotatable bonds is 2. The summed E-state index contributed by atoms with van der Waals surface area (Å²) in [4.78, 5) is 27.1. The van der Waals surface area contributed by atoms with Gasteiger partial charge in [-0.25, -0.2) is 0 Å². The fourth-order valence-electron chi connectivity index (χ4n) is 2.40. The average Bonchev–Trinajstić information content (AvgIpc) is 2.80. The van der Waals surface area contributed by atoms with Crippen LogP contribution in [0.3, 0.4) is 0 Å². The second-order valence-electron chi connectivity index (χ2n) is 5.39. The fraction of sp³-hybridized carbons (Fsp3) is 0.353. The van der Waals surface area contributed by atoms with Crippen molar-refractivity contribution in [3.8, 4) is 0 Å². The van der Waals surface area contributed by atoms with Gasteiger partial charge in [-0.05, 0) is 30.3 Å². The van der Waals surface area contributed by atoms with Crippen molar-refractivity contribution in [1.29, 1.82) is 0 Å². The van der Waals surface area contributed by atoms with Crippen molar-refractivity contribution in [3.63, 3.8) is 0 Å². The van der Waals surface area contributed by atoms with Crippen LogP contribution in [0, 0.1) is 0 Å². The zero-order valence-electron chi connectivity index (χ0n) is 13.2. The molecule has 1 aliphatic heterocycles. The molecule has 1 aromatic rings. The number of benzene rings is 1. The highest BCUT2D eigenvalue weighted by atomic mass is 32.1. The number of nitrogens with one attached hydrogen (secondary N) is 1. The van der Waals surface area contributed by atoms with Crippen molar-refractivity contribution in [2.45, 2.75) is 13.3 Å². The summed E-state index contributed by atoms with van der Waals surface area (Å²) in [6.45, 7) is 4.32. The van der Waals surface area contributed by atoms with Crippen molar-refractivity contribution in [2.24, 2.45) is 0 Å². The van der Waals surface area contributed by atoms with Crippen molar-refractivity contribution in [1.82, 2.24) is 15.1 Å². The number of nitrogens with zero attached hydrogens (tertiary/aromatic N) is 2. The molecule has 1 fully saturated rings. The molecule has 0 unspecified atom stereocenters. The first-order chi connectivity index (χ1) is 11.1. The third-order valence-corrected chi connectivity index (χ3v) is 4.05. The van der Waals surface area contributed by atoms with Gasteiger partial charge in [0, 0.05) is 39.2 Å². The Labute approximate surface area is 142 Å². The maximum atomic E-state index is 12.0. The zero-order chi connectivity index (χ0) is 16.7. The summed E-state index contributed by atoms with van der Waals surface area (Å²) >= 11 is 5.30. The largest absolute Gasteiger partial charge is 0.347 e. The van der Waals surface area contributed by atoms with Gasteiger partial charge in [-0.2, -0.15) is 0 Å². The van der Waals surface area contributed by atoms with Gasteiger partial charge in [0.05, 0.1) is 0 Å². The Hall–Kier alpha value is -2.21. The predicted octanol–water partition coefficient (Wildman–Crippen LogP) is 1.66. The third kappa shape index (κ3) is 5.49. The maximum Gasteiger partial charge on any atom is 0.250 e. The van der Waals surface area contributed by atoms with E-state index < -0.39 is 0 Å². The Kier molecular flexibility index (Phi) is 6.29. The molecule has 6 heteroatoms. The molecule has 0 aliphatic carbocycles. The molecule has 0 spiro atoms. The monoisotopic (exact) mass is 331 g/mol. The van der Waals surface area contributed by atoms with E-state index in [1.54, 1.807) is 17.9 Å². The van der Waals surface area contributed by atoms with Crippen LogP contribution in [0.4, 0.5) is 0 Å². The Bertz CT molecular complexity index is 601. The van der Waals surface area contributed by atoms with Gasteiger partial charge in [-0.15, -0.1) is 0 Å². The Morgan fingerprint density at radius 3 is 2.43 bits per heavy atom. The van der Waals surface area contributed by atoms with Gasteiger partial charge in [0.15, 0.2) is 5.11 Å². The van der Waals surface area contributed by atoms with Crippen LogP contribution in [-0.4, -0.2) is 52.9 Å². The quantitative estimate of drug-likeness (QED) is 0.661. The molecule has 1 aliphatic rings. The second-order valence-corrected chi connectivity index (χ2v) is 5.77. The van der Waals surface area contributed by atoms with Crippen molar-refractivity contribution in [3.05, 3.63) is 42.0 Å². The highest BCUT2D eigenvalue weighted by molar-refractivity contribution is 7.80. The van der Waals surface area contributed by atoms with Gasteiger partial charge in [-0.3, -0.25) is 14.9 Å². The minimum atomic E-state index is -0.244. The van der Waals surface area contributed by atoms with E-state index >= 15 is 0 Å². The lowest BCUT2D eigenvalue weighted by molar-refractivity contribution is -0.128. The van der Waals surface area contributed by atoms with E-state index in [4.69, 9.17) is 12.2 Å². The molecular formula is C17H21N3O2S. The molecule has 1 aromatic carbocycles. The molecule has 2 rings (SSSR count). The van der Waals surface area contributed by atoms with Crippen LogP contribution < -0.4 is 5.32 Å². The number of amides is 2. The molecule has 0 aromatic heterocycles. The smallest absolute Gasteiger partial charge is 0.250 e. The third-order valence-electron chi connectivity index (χ3n) is 3.69. The first-order valence-corrected chi connectivity index (χ1v) is 8.05. The normalized spacial score (nSPS) is 15.3. The highest BCUT2D eigenvalue weighted by Crippen LogP contribution is 2.04. The van der Waals surface area contributed by atoms with Crippen LogP contribution in [-0.2, 0) is 9.59 Å². The van der Waals surface area contributed by atoms with Gasteiger partial charge in [0.1, 0.15) is 0 Å². The van der Waals surface area contributed by atoms with E-state index in [-0.39, 0.29) is 11.8 Å². The Morgan fingerprint density at radius 2 is 1.74 bits per heavy atom. The van der Waals surface area contributed by atoms with E-state index in [2.05, 4.69) is 5.32 Å². The summed E-state index contributed by atoms with van der Waals surface area (Å²) in [6, 6.07) is 9.61. The number of carbonyl (C=O) groups excluding carboxylic acids is 2. The summed E-state index contributed by atoms with van der Waals surface area (Å²) in [6.07, 6.45) is 4.06. The molecule has 0 saturated carbocycles. The first-order valence-electron chi connectivity index (χ1n) is 7.65. The SMILES string of the molecule is CC(=O)N1CCCN(C(=S)NC(=O)/C=C/c2ccccc2)CC1. The molecular weight excluding hydrogens is 310 g/mol. The van der Waals surface area contributed by atoms with Crippen LogP contribution in [0.5, 0.6) is 0 Å². The maximum absolute atomic E-state index is 12.0. The van der Waals surface area contributed by atoms with Crippen molar-refractivity contribution in [2.75, 3.05) is 26.2 Å². The molecule has 1 saturated heterocycles. The van der Waals surface area contributed by atoms with Crippen molar-refractivity contribution >= 4 is 35.2 Å². The molecule has 1 N–H and O–H groups in total.